The maximum atomic E-state index is 15.3. The van der Waals surface area contributed by atoms with Crippen LogP contribution in [0.15, 0.2) is 24.3 Å². The fraction of sp³-hybridized carbons (Fsp3) is 0.143. The molecule has 3 N–H and O–H groups in total. The van der Waals surface area contributed by atoms with Crippen LogP contribution in [0, 0.1) is 128 Å². The SMILES string of the molecule is Cc1c(C)c(C)c([NH3+])c(C)c1C.Fc1cc(F)c([B-](c2c(F)cc(F)c(F)c2F)(c2c(F)cc(F)c(F)c2F)c2c(F)cc(F)c(F)c2F)c(F)c1F. The predicted molar refractivity (Wildman–Crippen MR) is 162 cm³/mol. The van der Waals surface area contributed by atoms with E-state index < -0.39 is 145 Å². The summed E-state index contributed by atoms with van der Waals surface area (Å²) in [5.41, 5.74) is 1.23. The minimum absolute atomic E-state index is 0.731. The van der Waals surface area contributed by atoms with Crippen molar-refractivity contribution in [2.24, 2.45) is 0 Å². The maximum Gasteiger partial charge on any atom is 0.191 e. The largest absolute Gasteiger partial charge is 0.325 e. The third kappa shape index (κ3) is 6.29. The van der Waals surface area contributed by atoms with Crippen LogP contribution >= 0.6 is 0 Å². The summed E-state index contributed by atoms with van der Waals surface area (Å²) < 4.78 is 235. The third-order valence-corrected chi connectivity index (χ3v) is 9.49. The zero-order valence-electron chi connectivity index (χ0n) is 27.6. The lowest BCUT2D eigenvalue weighted by Gasteiger charge is -2.44. The van der Waals surface area contributed by atoms with Gasteiger partial charge in [0.1, 0.15) is 35.1 Å². The monoisotopic (exact) mass is 771 g/mol. The van der Waals surface area contributed by atoms with Gasteiger partial charge in [0.2, 0.25) is 0 Å². The van der Waals surface area contributed by atoms with Gasteiger partial charge >= 0.3 is 0 Å². The van der Waals surface area contributed by atoms with Crippen LogP contribution < -0.4 is 27.6 Å². The molecule has 0 unspecified atom stereocenters. The zero-order valence-corrected chi connectivity index (χ0v) is 27.6. The number of benzene rings is 5. The van der Waals surface area contributed by atoms with E-state index in [0.29, 0.717) is 0 Å². The molecule has 5 rings (SSSR count). The molecule has 0 radical (unpaired) electrons. The minimum Gasteiger partial charge on any atom is -0.325 e. The average molecular weight is 771 g/mol. The van der Waals surface area contributed by atoms with Crippen LogP contribution in [0.1, 0.15) is 27.8 Å². The molecule has 0 aliphatic rings. The maximum absolute atomic E-state index is 15.3. The molecule has 0 amide bonds. The Hall–Kier alpha value is -5.00. The second-order valence-corrected chi connectivity index (χ2v) is 12.0. The van der Waals surface area contributed by atoms with Gasteiger partial charge < -0.3 is 5.73 Å². The summed E-state index contributed by atoms with van der Waals surface area (Å²) >= 11 is 0. The van der Waals surface area contributed by atoms with Gasteiger partial charge in [-0.15, -0.1) is 21.9 Å². The normalized spacial score (nSPS) is 11.6. The first-order chi connectivity index (χ1) is 24.5. The van der Waals surface area contributed by atoms with Gasteiger partial charge in [-0.3, -0.25) is 0 Å². The van der Waals surface area contributed by atoms with Crippen LogP contribution in [0.5, 0.6) is 0 Å². The lowest BCUT2D eigenvalue weighted by atomic mass is 9.12. The number of halogens is 16. The topological polar surface area (TPSA) is 27.6 Å². The summed E-state index contributed by atoms with van der Waals surface area (Å²) in [4.78, 5) is 0. The summed E-state index contributed by atoms with van der Waals surface area (Å²) in [7, 11) is 0. The van der Waals surface area contributed by atoms with Crippen LogP contribution in [0.4, 0.5) is 75.9 Å². The molecule has 0 heterocycles. The molecule has 53 heavy (non-hydrogen) atoms. The molecule has 5 aromatic carbocycles. The van der Waals surface area contributed by atoms with Crippen molar-refractivity contribution >= 4 is 33.7 Å². The van der Waals surface area contributed by atoms with Crippen LogP contribution in [0.3, 0.4) is 0 Å². The predicted octanol–water partition coefficient (Wildman–Crippen LogP) is 7.39. The van der Waals surface area contributed by atoms with Crippen LogP contribution in [0.25, 0.3) is 0 Å². The van der Waals surface area contributed by atoms with Gasteiger partial charge in [-0.2, -0.15) is 0 Å². The lowest BCUT2D eigenvalue weighted by Crippen LogP contribution is -2.80. The van der Waals surface area contributed by atoms with Crippen molar-refractivity contribution in [3.05, 3.63) is 145 Å². The van der Waals surface area contributed by atoms with E-state index in [2.05, 4.69) is 40.4 Å². The average Bonchev–Trinajstić information content (AvgIpc) is 3.08. The van der Waals surface area contributed by atoms with Crippen molar-refractivity contribution in [3.63, 3.8) is 0 Å². The Balaban J connectivity index is 0.000000443. The Morgan fingerprint density at radius 1 is 0.302 bits per heavy atom. The number of rotatable bonds is 4. The van der Waals surface area contributed by atoms with Crippen molar-refractivity contribution < 1.29 is 76.0 Å². The van der Waals surface area contributed by atoms with Crippen LogP contribution in [0.2, 0.25) is 0 Å². The molecule has 0 saturated carbocycles. The molecule has 0 spiro atoms. The zero-order chi connectivity index (χ0) is 40.3. The van der Waals surface area contributed by atoms with Crippen molar-refractivity contribution in [1.29, 1.82) is 0 Å². The minimum atomic E-state index is -6.18. The second kappa shape index (κ2) is 14.4. The van der Waals surface area contributed by atoms with Gasteiger partial charge in [0.05, 0.1) is 23.3 Å². The van der Waals surface area contributed by atoms with Gasteiger partial charge in [0.25, 0.3) is 0 Å². The van der Waals surface area contributed by atoms with E-state index in [0.717, 1.165) is 0 Å². The summed E-state index contributed by atoms with van der Waals surface area (Å²) in [6.07, 6.45) is -6.18. The van der Waals surface area contributed by atoms with Gasteiger partial charge in [-0.25, -0.2) is 70.2 Å². The first-order valence-electron chi connectivity index (χ1n) is 14.8. The smallest absolute Gasteiger partial charge is 0.191 e. The Bertz CT molecular complexity index is 1980. The van der Waals surface area contributed by atoms with Crippen molar-refractivity contribution in [2.45, 2.75) is 34.6 Å². The first kappa shape index (κ1) is 40.8. The molecular formula is C35H22BF16N. The van der Waals surface area contributed by atoms with E-state index in [4.69, 9.17) is 0 Å². The quantitative estimate of drug-likeness (QED) is 0.0856. The highest BCUT2D eigenvalue weighted by molar-refractivity contribution is 7.20. The molecular weight excluding hydrogens is 749 g/mol. The third-order valence-electron chi connectivity index (χ3n) is 9.49. The number of hydrogen-bond acceptors (Lipinski definition) is 0. The van der Waals surface area contributed by atoms with Crippen molar-refractivity contribution in [3.8, 4) is 0 Å². The fourth-order valence-electron chi connectivity index (χ4n) is 6.35. The Kier molecular flexibility index (Phi) is 11.1. The number of hydrogen-bond donors (Lipinski definition) is 1. The Morgan fingerprint density at radius 3 is 0.698 bits per heavy atom. The molecule has 0 atom stereocenters. The summed E-state index contributed by atoms with van der Waals surface area (Å²) in [5, 5.41) is 0. The van der Waals surface area contributed by atoms with Crippen molar-refractivity contribution in [1.82, 2.24) is 0 Å². The van der Waals surface area contributed by atoms with Crippen LogP contribution in [-0.2, 0) is 0 Å². The van der Waals surface area contributed by atoms with Gasteiger partial charge in [-0.1, -0.05) is 0 Å². The Labute approximate surface area is 289 Å². The van der Waals surface area contributed by atoms with Crippen LogP contribution in [-0.4, -0.2) is 6.15 Å². The molecule has 5 aromatic rings. The van der Waals surface area contributed by atoms with E-state index in [9.17, 15) is 35.1 Å². The second-order valence-electron chi connectivity index (χ2n) is 12.0. The van der Waals surface area contributed by atoms with Crippen molar-refractivity contribution in [2.75, 3.05) is 0 Å². The molecule has 0 saturated heterocycles. The van der Waals surface area contributed by atoms with E-state index in [1.54, 1.807) is 0 Å². The van der Waals surface area contributed by atoms with E-state index in [-0.39, 0.29) is 0 Å². The standard InChI is InChI=1S/C24H4BF16.C11H17N/c26-5-1-9(30)17(34)21(38)13(5)25(14-6(27)2-10(31)18(35)22(14)39,15-7(28)3-11(32)19(36)23(15)40)16-8(29)4-12(33)20(37)24(16)41;1-6-7(2)9(4)11(12)10(5)8(6)3/h1-4H;12H2,1-5H3/q-1;/p+1. The Morgan fingerprint density at radius 2 is 0.491 bits per heavy atom. The molecule has 18 heteroatoms. The lowest BCUT2D eigenvalue weighted by molar-refractivity contribution is -0.256. The molecule has 0 aromatic heterocycles. The summed E-state index contributed by atoms with van der Waals surface area (Å²) in [5.74, 6) is -45.1. The fourth-order valence-corrected chi connectivity index (χ4v) is 6.35. The highest BCUT2D eigenvalue weighted by Gasteiger charge is 2.49. The first-order valence-corrected chi connectivity index (χ1v) is 14.8. The molecule has 0 bridgehead atoms. The molecule has 0 aliphatic carbocycles. The molecule has 282 valence electrons. The highest BCUT2D eigenvalue weighted by Crippen LogP contribution is 2.28. The van der Waals surface area contributed by atoms with Gasteiger partial charge in [0, 0.05) is 35.4 Å². The molecule has 0 fully saturated rings. The van der Waals surface area contributed by atoms with Gasteiger partial charge in [0.15, 0.2) is 46.5 Å². The highest BCUT2D eigenvalue weighted by atomic mass is 19.2. The van der Waals surface area contributed by atoms with E-state index >= 15 is 35.1 Å². The van der Waals surface area contributed by atoms with Gasteiger partial charge in [-0.05, 0) is 51.3 Å². The van der Waals surface area contributed by atoms with E-state index in [1.165, 1.54) is 33.5 Å². The molecule has 0 aliphatic heterocycles. The summed E-state index contributed by atoms with van der Waals surface area (Å²) in [6, 6.07) is -2.92. The van der Waals surface area contributed by atoms with E-state index in [1.807, 2.05) is 0 Å². The number of quaternary nitrogens is 1. The summed E-state index contributed by atoms with van der Waals surface area (Å²) in [6.45, 7) is 10.8. The molecule has 1 nitrogen and oxygen atoms in total.